The molecule has 0 saturated heterocycles. The molecule has 1 N–H and O–H groups in total. The fourth-order valence-electron chi connectivity index (χ4n) is 4.83. The van der Waals surface area contributed by atoms with Crippen LogP contribution in [0.4, 0.5) is 0 Å². The summed E-state index contributed by atoms with van der Waals surface area (Å²) < 4.78 is 4.99. The second-order valence-corrected chi connectivity index (χ2v) is 12.3. The van der Waals surface area contributed by atoms with E-state index < -0.39 is 29.6 Å². The van der Waals surface area contributed by atoms with E-state index in [-0.39, 0.29) is 36.8 Å². The molecule has 2 aliphatic rings. The van der Waals surface area contributed by atoms with Gasteiger partial charge in [-0.3, -0.25) is 38.9 Å². The van der Waals surface area contributed by atoms with Crippen molar-refractivity contribution in [3.8, 4) is 0 Å². The maximum Gasteiger partial charge on any atom is 0.326 e. The molecule has 46 heavy (non-hydrogen) atoms. The van der Waals surface area contributed by atoms with E-state index >= 15 is 0 Å². The summed E-state index contributed by atoms with van der Waals surface area (Å²) in [4.78, 5) is 69.1. The molecule has 0 radical (unpaired) electrons. The van der Waals surface area contributed by atoms with Crippen molar-refractivity contribution in [1.29, 1.82) is 0 Å². The number of amidine groups is 2. The number of carbonyl (C=O) groups excluding carboxylic acids is 3. The van der Waals surface area contributed by atoms with Gasteiger partial charge in [0.1, 0.15) is 35.6 Å². The lowest BCUT2D eigenvalue weighted by molar-refractivity contribution is -0.147. The van der Waals surface area contributed by atoms with Gasteiger partial charge in [0.25, 0.3) is 11.8 Å². The Kier molecular flexibility index (Phi) is 11.5. The Morgan fingerprint density at radius 2 is 1.17 bits per heavy atom. The predicted octanol–water partition coefficient (Wildman–Crippen LogP) is 3.94. The van der Waals surface area contributed by atoms with Crippen LogP contribution in [-0.2, 0) is 36.8 Å². The average molecular weight is 635 g/mol. The predicted molar refractivity (Wildman–Crippen MR) is 174 cm³/mol. The molecule has 0 aliphatic carbocycles. The standard InChI is InChI=1S/C18H25N3O3.C16H21N3O3/c1-6-13-8-9-14(19-10-13)16-20-18(5,12(3)4)17(23)21(16)11-15(22)24-7-2;1-5-11-6-7-12(17-8-11)14-18-16(4,10(2)3)15(22)19(14)9-13(20)21/h8-10,12H,6-7,11H2,1-5H3;6-8,10H,5,9H2,1-4H3,(H,20,21). The minimum Gasteiger partial charge on any atom is -0.480 e. The summed E-state index contributed by atoms with van der Waals surface area (Å²) in [7, 11) is 0. The lowest BCUT2D eigenvalue weighted by Crippen LogP contribution is -2.46. The van der Waals surface area contributed by atoms with Crippen molar-refractivity contribution in [3.63, 3.8) is 0 Å². The van der Waals surface area contributed by atoms with Gasteiger partial charge in [-0.2, -0.15) is 0 Å². The maximum atomic E-state index is 12.9. The maximum absolute atomic E-state index is 12.9. The van der Waals surface area contributed by atoms with Crippen LogP contribution in [0, 0.1) is 11.8 Å². The molecule has 4 heterocycles. The molecule has 0 bridgehead atoms. The quantitative estimate of drug-likeness (QED) is 0.365. The van der Waals surface area contributed by atoms with E-state index in [1.54, 1.807) is 39.2 Å². The third-order valence-corrected chi connectivity index (χ3v) is 8.60. The number of amides is 2. The fourth-order valence-corrected chi connectivity index (χ4v) is 4.83. The number of esters is 1. The van der Waals surface area contributed by atoms with Crippen LogP contribution in [0.15, 0.2) is 46.6 Å². The number of pyridine rings is 2. The summed E-state index contributed by atoms with van der Waals surface area (Å²) in [6.07, 6.45) is 5.25. The van der Waals surface area contributed by atoms with Gasteiger partial charge >= 0.3 is 11.9 Å². The first kappa shape index (κ1) is 36.0. The second kappa shape index (κ2) is 14.7. The van der Waals surface area contributed by atoms with Crippen molar-refractivity contribution < 1.29 is 29.0 Å². The van der Waals surface area contributed by atoms with E-state index in [4.69, 9.17) is 9.84 Å². The summed E-state index contributed by atoms with van der Waals surface area (Å²) in [5.74, 6) is -1.26. The van der Waals surface area contributed by atoms with Gasteiger partial charge in [-0.05, 0) is 68.7 Å². The molecule has 0 fully saturated rings. The first-order chi connectivity index (χ1) is 21.6. The number of carbonyl (C=O) groups is 4. The smallest absolute Gasteiger partial charge is 0.326 e. The van der Waals surface area contributed by atoms with Gasteiger partial charge < -0.3 is 9.84 Å². The lowest BCUT2D eigenvalue weighted by atomic mass is 9.89. The van der Waals surface area contributed by atoms with Crippen LogP contribution < -0.4 is 0 Å². The summed E-state index contributed by atoms with van der Waals surface area (Å²) in [6.45, 7) is 16.8. The van der Waals surface area contributed by atoms with Gasteiger partial charge in [-0.1, -0.05) is 53.7 Å². The lowest BCUT2D eigenvalue weighted by Gasteiger charge is -2.25. The van der Waals surface area contributed by atoms with E-state index in [1.807, 2.05) is 52.8 Å². The first-order valence-electron chi connectivity index (χ1n) is 15.7. The summed E-state index contributed by atoms with van der Waals surface area (Å²) in [5, 5.41) is 9.08. The normalized spacial score (nSPS) is 20.9. The zero-order chi connectivity index (χ0) is 34.4. The number of rotatable bonds is 11. The van der Waals surface area contributed by atoms with Gasteiger partial charge in [0, 0.05) is 12.4 Å². The number of aliphatic imine (C=N–C) groups is 2. The van der Waals surface area contributed by atoms with E-state index in [0.29, 0.717) is 23.1 Å². The highest BCUT2D eigenvalue weighted by atomic mass is 16.5. The molecular formula is C34H46N6O6. The average Bonchev–Trinajstić information content (AvgIpc) is 3.43. The number of ether oxygens (including phenoxy) is 1. The third kappa shape index (κ3) is 7.48. The fraction of sp³-hybridized carbons (Fsp3) is 0.529. The minimum absolute atomic E-state index is 0.00195. The zero-order valence-corrected chi connectivity index (χ0v) is 28.3. The third-order valence-electron chi connectivity index (χ3n) is 8.60. The molecule has 0 spiro atoms. The number of aromatic nitrogens is 2. The van der Waals surface area contributed by atoms with Crippen molar-refractivity contribution in [1.82, 2.24) is 19.8 Å². The van der Waals surface area contributed by atoms with E-state index in [9.17, 15) is 19.2 Å². The highest BCUT2D eigenvalue weighted by Crippen LogP contribution is 2.33. The number of aliphatic carboxylic acids is 1. The Morgan fingerprint density at radius 3 is 1.48 bits per heavy atom. The Labute approximate surface area is 271 Å². The van der Waals surface area contributed by atoms with Crippen LogP contribution >= 0.6 is 0 Å². The van der Waals surface area contributed by atoms with Crippen LogP contribution in [0.1, 0.15) is 84.8 Å². The first-order valence-corrected chi connectivity index (χ1v) is 15.7. The van der Waals surface area contributed by atoms with E-state index in [2.05, 4.69) is 26.9 Å². The van der Waals surface area contributed by atoms with Crippen LogP contribution in [-0.4, -0.2) is 91.1 Å². The van der Waals surface area contributed by atoms with Crippen LogP contribution in [0.3, 0.4) is 0 Å². The van der Waals surface area contributed by atoms with Gasteiger partial charge in [0.2, 0.25) is 0 Å². The number of aryl methyl sites for hydroxylation is 2. The van der Waals surface area contributed by atoms with Crippen molar-refractivity contribution in [3.05, 3.63) is 59.2 Å². The molecule has 12 nitrogen and oxygen atoms in total. The molecule has 2 aliphatic heterocycles. The molecular weight excluding hydrogens is 588 g/mol. The molecule has 4 rings (SSSR count). The number of hydrogen-bond acceptors (Lipinski definition) is 9. The Hall–Kier alpha value is -4.48. The molecule has 248 valence electrons. The highest BCUT2D eigenvalue weighted by Gasteiger charge is 2.49. The van der Waals surface area contributed by atoms with E-state index in [1.165, 1.54) is 9.80 Å². The summed E-state index contributed by atoms with van der Waals surface area (Å²) in [5.41, 5.74) is 1.45. The van der Waals surface area contributed by atoms with Crippen molar-refractivity contribution in [2.75, 3.05) is 19.7 Å². The molecule has 2 aromatic heterocycles. The summed E-state index contributed by atoms with van der Waals surface area (Å²) in [6, 6.07) is 7.50. The summed E-state index contributed by atoms with van der Waals surface area (Å²) >= 11 is 0. The number of carboxylic acid groups (broad SMARTS) is 1. The molecule has 12 heteroatoms. The zero-order valence-electron chi connectivity index (χ0n) is 28.3. The van der Waals surface area contributed by atoms with Crippen LogP contribution in [0.5, 0.6) is 0 Å². The number of hydrogen-bond donors (Lipinski definition) is 1. The molecule has 2 atom stereocenters. The van der Waals surface area contributed by atoms with Crippen LogP contribution in [0.2, 0.25) is 0 Å². The SMILES string of the molecule is CCOC(=O)CN1C(=O)C(C)(C(C)C)N=C1c1ccc(CC)cn1.CCc1ccc(C2=NC(C)(C(C)C)C(=O)N2CC(=O)O)nc1. The molecule has 0 saturated carbocycles. The van der Waals surface area contributed by atoms with Crippen LogP contribution in [0.25, 0.3) is 0 Å². The Morgan fingerprint density at radius 1 is 0.761 bits per heavy atom. The number of nitrogens with zero attached hydrogens (tertiary/aromatic N) is 6. The Balaban J connectivity index is 0.000000251. The monoisotopic (exact) mass is 634 g/mol. The largest absolute Gasteiger partial charge is 0.480 e. The molecule has 2 unspecified atom stereocenters. The van der Waals surface area contributed by atoms with Gasteiger partial charge in [-0.15, -0.1) is 0 Å². The van der Waals surface area contributed by atoms with Crippen molar-refractivity contribution >= 4 is 35.4 Å². The highest BCUT2D eigenvalue weighted by molar-refractivity contribution is 6.16. The molecule has 2 aromatic rings. The Bertz CT molecular complexity index is 1500. The van der Waals surface area contributed by atoms with Gasteiger partial charge in [-0.25, -0.2) is 9.98 Å². The van der Waals surface area contributed by atoms with Gasteiger partial charge in [0.15, 0.2) is 11.7 Å². The van der Waals surface area contributed by atoms with E-state index in [0.717, 1.165) is 24.0 Å². The minimum atomic E-state index is -1.07. The molecule has 0 aromatic carbocycles. The second-order valence-electron chi connectivity index (χ2n) is 12.3. The topological polar surface area (TPSA) is 155 Å². The molecule has 2 amide bonds. The van der Waals surface area contributed by atoms with Gasteiger partial charge in [0.05, 0.1) is 6.61 Å². The van der Waals surface area contributed by atoms with Crippen molar-refractivity contribution in [2.24, 2.45) is 21.8 Å². The van der Waals surface area contributed by atoms with Crippen molar-refractivity contribution in [2.45, 2.75) is 86.2 Å². The number of carboxylic acids is 1.